The van der Waals surface area contributed by atoms with Crippen LogP contribution < -0.4 is 0 Å². The third-order valence-corrected chi connectivity index (χ3v) is 3.07. The zero-order chi connectivity index (χ0) is 13.1. The number of fused-ring (bicyclic) bond motifs is 1. The fourth-order valence-electron chi connectivity index (χ4n) is 2.13. The summed E-state index contributed by atoms with van der Waals surface area (Å²) in [5.41, 5.74) is 3.24. The summed E-state index contributed by atoms with van der Waals surface area (Å²) in [7, 11) is 0. The van der Waals surface area contributed by atoms with E-state index in [1.54, 1.807) is 0 Å². The molecule has 2 aromatic carbocycles. The smallest absolute Gasteiger partial charge is 0.102 e. The van der Waals surface area contributed by atoms with Crippen LogP contribution in [0.15, 0.2) is 54.6 Å². The molecule has 0 fully saturated rings. The number of benzene rings is 2. The van der Waals surface area contributed by atoms with E-state index in [1.165, 1.54) is 0 Å². The Balaban J connectivity index is 2.12. The monoisotopic (exact) mass is 245 g/mol. The third kappa shape index (κ3) is 2.16. The summed E-state index contributed by atoms with van der Waals surface area (Å²) < 4.78 is 0. The molecule has 1 heterocycles. The highest BCUT2D eigenvalue weighted by atomic mass is 15.1. The molecular weight excluding hydrogens is 234 g/mol. The van der Waals surface area contributed by atoms with Crippen LogP contribution in [0.25, 0.3) is 10.9 Å². The molecule has 0 atom stereocenters. The molecule has 3 rings (SSSR count). The van der Waals surface area contributed by atoms with Crippen LogP contribution in [0.4, 0.5) is 0 Å². The molecule has 3 aromatic rings. The highest BCUT2D eigenvalue weighted by Crippen LogP contribution is 2.19. The van der Waals surface area contributed by atoms with Gasteiger partial charge in [-0.3, -0.25) is 0 Å². The molecule has 3 nitrogen and oxygen atoms in total. The van der Waals surface area contributed by atoms with Crippen LogP contribution in [0.3, 0.4) is 0 Å². The predicted molar refractivity (Wildman–Crippen MR) is 73.5 cm³/mol. The third-order valence-electron chi connectivity index (χ3n) is 3.07. The summed E-state index contributed by atoms with van der Waals surface area (Å²) in [6, 6.07) is 19.8. The Morgan fingerprint density at radius 3 is 2.42 bits per heavy atom. The minimum absolute atomic E-state index is 0.620. The lowest BCUT2D eigenvalue weighted by Crippen LogP contribution is -2.00. The van der Waals surface area contributed by atoms with Crippen LogP contribution >= 0.6 is 0 Å². The van der Waals surface area contributed by atoms with Gasteiger partial charge in [-0.05, 0) is 11.6 Å². The van der Waals surface area contributed by atoms with Crippen LogP contribution in [-0.4, -0.2) is 10.2 Å². The lowest BCUT2D eigenvalue weighted by atomic mass is 10.0. The first-order chi connectivity index (χ1) is 9.38. The molecule has 0 spiro atoms. The molecule has 0 N–H and O–H groups in total. The van der Waals surface area contributed by atoms with Crippen molar-refractivity contribution in [3.05, 3.63) is 71.4 Å². The van der Waals surface area contributed by atoms with Gasteiger partial charge in [0.25, 0.3) is 0 Å². The van der Waals surface area contributed by atoms with Gasteiger partial charge in [0, 0.05) is 11.8 Å². The summed E-state index contributed by atoms with van der Waals surface area (Å²) in [6.07, 6.45) is 0.627. The standard InChI is InChI=1S/C16H11N3/c17-11-14-13-8-4-5-9-15(13)18-19-16(14)10-12-6-2-1-3-7-12/h1-9H,10H2. The molecule has 1 aromatic heterocycles. The maximum absolute atomic E-state index is 9.38. The molecule has 0 aliphatic carbocycles. The minimum Gasteiger partial charge on any atom is -0.192 e. The van der Waals surface area contributed by atoms with Crippen LogP contribution in [0.1, 0.15) is 16.8 Å². The number of aromatic nitrogens is 2. The van der Waals surface area contributed by atoms with Gasteiger partial charge in [-0.1, -0.05) is 48.5 Å². The maximum atomic E-state index is 9.38. The van der Waals surface area contributed by atoms with Crippen molar-refractivity contribution in [1.29, 1.82) is 5.26 Å². The molecule has 90 valence electrons. The van der Waals surface area contributed by atoms with Crippen molar-refractivity contribution >= 4 is 10.9 Å². The second-order valence-electron chi connectivity index (χ2n) is 4.31. The average Bonchev–Trinajstić information content (AvgIpc) is 2.48. The molecule has 19 heavy (non-hydrogen) atoms. The zero-order valence-electron chi connectivity index (χ0n) is 10.2. The minimum atomic E-state index is 0.620. The van der Waals surface area contributed by atoms with Crippen LogP contribution in [-0.2, 0) is 6.42 Å². The van der Waals surface area contributed by atoms with Gasteiger partial charge < -0.3 is 0 Å². The second-order valence-corrected chi connectivity index (χ2v) is 4.31. The number of hydrogen-bond acceptors (Lipinski definition) is 3. The van der Waals surface area contributed by atoms with E-state index in [4.69, 9.17) is 0 Å². The van der Waals surface area contributed by atoms with Crippen LogP contribution in [0, 0.1) is 11.3 Å². The Morgan fingerprint density at radius 1 is 0.895 bits per heavy atom. The van der Waals surface area contributed by atoms with Crippen LogP contribution in [0.2, 0.25) is 0 Å². The Labute approximate surface area is 111 Å². The van der Waals surface area contributed by atoms with Gasteiger partial charge in [-0.15, -0.1) is 0 Å². The molecule has 0 amide bonds. The van der Waals surface area contributed by atoms with E-state index in [9.17, 15) is 5.26 Å². The predicted octanol–water partition coefficient (Wildman–Crippen LogP) is 3.09. The highest BCUT2D eigenvalue weighted by molar-refractivity contribution is 5.84. The summed E-state index contributed by atoms with van der Waals surface area (Å²) in [4.78, 5) is 0. The van der Waals surface area contributed by atoms with E-state index in [0.717, 1.165) is 22.2 Å². The lowest BCUT2D eigenvalue weighted by Gasteiger charge is -2.05. The average molecular weight is 245 g/mol. The zero-order valence-corrected chi connectivity index (χ0v) is 10.2. The molecule has 3 heteroatoms. The molecule has 0 saturated carbocycles. The van der Waals surface area contributed by atoms with Gasteiger partial charge >= 0.3 is 0 Å². The first-order valence-electron chi connectivity index (χ1n) is 6.07. The Kier molecular flexibility index (Phi) is 2.91. The van der Waals surface area contributed by atoms with Crippen molar-refractivity contribution < 1.29 is 0 Å². The molecular formula is C16H11N3. The Bertz CT molecular complexity index is 758. The number of hydrogen-bond donors (Lipinski definition) is 0. The van der Waals surface area contributed by atoms with Crippen molar-refractivity contribution in [2.45, 2.75) is 6.42 Å². The second kappa shape index (κ2) is 4.87. The Hall–Kier alpha value is -2.73. The van der Waals surface area contributed by atoms with Gasteiger partial charge in [-0.25, -0.2) is 0 Å². The SMILES string of the molecule is N#Cc1c(Cc2ccccc2)nnc2ccccc12. The van der Waals surface area contributed by atoms with E-state index >= 15 is 0 Å². The van der Waals surface area contributed by atoms with E-state index in [2.05, 4.69) is 16.3 Å². The summed E-state index contributed by atoms with van der Waals surface area (Å²) in [5, 5.41) is 18.6. The topological polar surface area (TPSA) is 49.6 Å². The summed E-state index contributed by atoms with van der Waals surface area (Å²) in [5.74, 6) is 0. The van der Waals surface area contributed by atoms with Gasteiger partial charge in [0.1, 0.15) is 6.07 Å². The van der Waals surface area contributed by atoms with Gasteiger partial charge in [0.15, 0.2) is 0 Å². The summed E-state index contributed by atoms with van der Waals surface area (Å²) >= 11 is 0. The van der Waals surface area contributed by atoms with E-state index in [1.807, 2.05) is 54.6 Å². The number of nitrogens with zero attached hydrogens (tertiary/aromatic N) is 3. The van der Waals surface area contributed by atoms with Crippen molar-refractivity contribution in [3.63, 3.8) is 0 Å². The number of rotatable bonds is 2. The molecule has 0 bridgehead atoms. The maximum Gasteiger partial charge on any atom is 0.102 e. The van der Waals surface area contributed by atoms with E-state index in [0.29, 0.717) is 12.0 Å². The lowest BCUT2D eigenvalue weighted by molar-refractivity contribution is 0.958. The molecule has 0 radical (unpaired) electrons. The van der Waals surface area contributed by atoms with Crippen molar-refractivity contribution in [2.75, 3.05) is 0 Å². The summed E-state index contributed by atoms with van der Waals surface area (Å²) in [6.45, 7) is 0. The van der Waals surface area contributed by atoms with Crippen molar-refractivity contribution in [3.8, 4) is 6.07 Å². The first-order valence-corrected chi connectivity index (χ1v) is 6.07. The molecule has 0 aliphatic heterocycles. The van der Waals surface area contributed by atoms with Crippen LogP contribution in [0.5, 0.6) is 0 Å². The van der Waals surface area contributed by atoms with Gasteiger partial charge in [0.05, 0.1) is 16.8 Å². The molecule has 0 aliphatic rings. The van der Waals surface area contributed by atoms with Crippen molar-refractivity contribution in [1.82, 2.24) is 10.2 Å². The fourth-order valence-corrected chi connectivity index (χ4v) is 2.13. The molecule has 0 unspecified atom stereocenters. The fraction of sp³-hybridized carbons (Fsp3) is 0.0625. The largest absolute Gasteiger partial charge is 0.192 e. The van der Waals surface area contributed by atoms with E-state index in [-0.39, 0.29) is 0 Å². The quantitative estimate of drug-likeness (QED) is 0.697. The number of nitriles is 1. The first kappa shape index (κ1) is 11.4. The van der Waals surface area contributed by atoms with E-state index < -0.39 is 0 Å². The molecule has 0 saturated heterocycles. The van der Waals surface area contributed by atoms with Gasteiger partial charge in [0.2, 0.25) is 0 Å². The van der Waals surface area contributed by atoms with Crippen molar-refractivity contribution in [2.24, 2.45) is 0 Å². The van der Waals surface area contributed by atoms with Gasteiger partial charge in [-0.2, -0.15) is 15.5 Å². The Morgan fingerprint density at radius 2 is 1.63 bits per heavy atom. The highest BCUT2D eigenvalue weighted by Gasteiger charge is 2.10. The normalized spacial score (nSPS) is 10.3.